The first-order chi connectivity index (χ1) is 13.1. The molecule has 1 amide bonds. The Balaban J connectivity index is 1.75. The molecular weight excluding hydrogens is 340 g/mol. The molecule has 2 rings (SSSR count). The molecule has 1 heterocycles. The predicted molar refractivity (Wildman–Crippen MR) is 110 cm³/mol. The summed E-state index contributed by atoms with van der Waals surface area (Å²) in [6, 6.07) is 8.40. The van der Waals surface area contributed by atoms with Gasteiger partial charge in [0.1, 0.15) is 0 Å². The fraction of sp³-hybridized carbons (Fsp3) is 0.619. The van der Waals surface area contributed by atoms with Crippen LogP contribution in [-0.4, -0.2) is 49.0 Å². The maximum atomic E-state index is 11.6. The van der Waals surface area contributed by atoms with Gasteiger partial charge in [0.05, 0.1) is 19.3 Å². The van der Waals surface area contributed by atoms with Crippen LogP contribution in [0.15, 0.2) is 29.3 Å². The molecule has 1 aromatic carbocycles. The van der Waals surface area contributed by atoms with E-state index in [1.165, 1.54) is 11.1 Å². The average molecular weight is 375 g/mol. The lowest BCUT2D eigenvalue weighted by Gasteiger charge is -2.16. The highest BCUT2D eigenvalue weighted by molar-refractivity contribution is 5.79. The maximum absolute atomic E-state index is 11.6. The Kier molecular flexibility index (Phi) is 9.11. The minimum Gasteiger partial charge on any atom is -0.374 e. The molecule has 2 N–H and O–H groups in total. The van der Waals surface area contributed by atoms with Crippen LogP contribution in [-0.2, 0) is 22.7 Å². The normalized spacial score (nSPS) is 14.9. The van der Waals surface area contributed by atoms with Gasteiger partial charge in [-0.1, -0.05) is 24.3 Å². The lowest BCUT2D eigenvalue weighted by molar-refractivity contribution is -0.127. The number of amides is 1. The van der Waals surface area contributed by atoms with E-state index < -0.39 is 0 Å². The number of ether oxygens (including phenoxy) is 1. The van der Waals surface area contributed by atoms with Crippen LogP contribution in [0.25, 0.3) is 0 Å². The van der Waals surface area contributed by atoms with Crippen molar-refractivity contribution >= 4 is 11.9 Å². The van der Waals surface area contributed by atoms with Gasteiger partial charge in [0.2, 0.25) is 5.91 Å². The molecule has 0 aromatic heterocycles. The Morgan fingerprint density at radius 3 is 2.59 bits per heavy atom. The minimum absolute atomic E-state index is 0.242. The number of aliphatic imine (C=N–C) groups is 1. The van der Waals surface area contributed by atoms with Crippen molar-refractivity contribution in [2.75, 3.05) is 26.2 Å². The van der Waals surface area contributed by atoms with E-state index in [4.69, 9.17) is 4.74 Å². The summed E-state index contributed by atoms with van der Waals surface area (Å²) in [5, 5.41) is 6.63. The highest BCUT2D eigenvalue weighted by atomic mass is 16.5. The van der Waals surface area contributed by atoms with Gasteiger partial charge < -0.3 is 20.3 Å². The number of hydrogen-bond acceptors (Lipinski definition) is 3. The number of carbonyl (C=O) groups is 1. The second-order valence-corrected chi connectivity index (χ2v) is 7.14. The molecule has 0 unspecified atom stereocenters. The summed E-state index contributed by atoms with van der Waals surface area (Å²) in [6.07, 6.45) is 2.88. The SMILES string of the molecule is CCNC(=NCc1ccc(COC(C)C)cc1)NCCCN1CCCC1=O. The summed E-state index contributed by atoms with van der Waals surface area (Å²) in [5.41, 5.74) is 2.35. The van der Waals surface area contributed by atoms with Crippen molar-refractivity contribution in [3.05, 3.63) is 35.4 Å². The summed E-state index contributed by atoms with van der Waals surface area (Å²) in [4.78, 5) is 18.2. The predicted octanol–water partition coefficient (Wildman–Crippen LogP) is 2.68. The quantitative estimate of drug-likeness (QED) is 0.375. The van der Waals surface area contributed by atoms with E-state index in [1.54, 1.807) is 0 Å². The number of hydrogen-bond donors (Lipinski definition) is 2. The van der Waals surface area contributed by atoms with Gasteiger partial charge in [-0.3, -0.25) is 4.79 Å². The Morgan fingerprint density at radius 1 is 1.22 bits per heavy atom. The average Bonchev–Trinajstić information content (AvgIpc) is 3.07. The smallest absolute Gasteiger partial charge is 0.222 e. The Morgan fingerprint density at radius 2 is 1.96 bits per heavy atom. The van der Waals surface area contributed by atoms with Gasteiger partial charge in [0.25, 0.3) is 0 Å². The number of nitrogens with one attached hydrogen (secondary N) is 2. The number of likely N-dealkylation sites (tertiary alicyclic amines) is 1. The summed E-state index contributed by atoms with van der Waals surface area (Å²) < 4.78 is 5.62. The number of carbonyl (C=O) groups excluding carboxylic acids is 1. The van der Waals surface area contributed by atoms with E-state index in [-0.39, 0.29) is 12.0 Å². The van der Waals surface area contributed by atoms with E-state index in [2.05, 4.69) is 46.8 Å². The second kappa shape index (κ2) is 11.6. The van der Waals surface area contributed by atoms with Crippen LogP contribution in [0.5, 0.6) is 0 Å². The lowest BCUT2D eigenvalue weighted by Crippen LogP contribution is -2.39. The molecule has 6 heteroatoms. The standard InChI is InChI=1S/C21H34N4O2/c1-4-22-21(23-12-6-14-25-13-5-7-20(25)26)24-15-18-8-10-19(11-9-18)16-27-17(2)3/h8-11,17H,4-7,12-16H2,1-3H3,(H2,22,23,24). The summed E-state index contributed by atoms with van der Waals surface area (Å²) >= 11 is 0. The largest absolute Gasteiger partial charge is 0.374 e. The summed E-state index contributed by atoms with van der Waals surface area (Å²) in [5.74, 6) is 1.11. The van der Waals surface area contributed by atoms with Crippen LogP contribution in [0.1, 0.15) is 51.2 Å². The zero-order chi connectivity index (χ0) is 19.5. The van der Waals surface area contributed by atoms with Gasteiger partial charge in [-0.05, 0) is 44.7 Å². The molecule has 0 bridgehead atoms. The fourth-order valence-corrected chi connectivity index (χ4v) is 2.93. The Bertz CT molecular complexity index is 599. The molecule has 1 aliphatic heterocycles. The molecule has 0 radical (unpaired) electrons. The molecule has 1 saturated heterocycles. The third kappa shape index (κ3) is 7.99. The Labute approximate surface area is 163 Å². The molecule has 27 heavy (non-hydrogen) atoms. The van der Waals surface area contributed by atoms with E-state index >= 15 is 0 Å². The van der Waals surface area contributed by atoms with E-state index in [9.17, 15) is 4.79 Å². The monoisotopic (exact) mass is 374 g/mol. The zero-order valence-electron chi connectivity index (χ0n) is 17.0. The van der Waals surface area contributed by atoms with Gasteiger partial charge in [0, 0.05) is 32.6 Å². The molecule has 0 spiro atoms. The van der Waals surface area contributed by atoms with Crippen LogP contribution in [0.3, 0.4) is 0 Å². The molecule has 6 nitrogen and oxygen atoms in total. The zero-order valence-corrected chi connectivity index (χ0v) is 17.0. The molecule has 0 saturated carbocycles. The van der Waals surface area contributed by atoms with E-state index in [1.807, 2.05) is 18.7 Å². The van der Waals surface area contributed by atoms with Crippen molar-refractivity contribution in [1.29, 1.82) is 0 Å². The molecule has 1 fully saturated rings. The van der Waals surface area contributed by atoms with Crippen molar-refractivity contribution in [3.8, 4) is 0 Å². The highest BCUT2D eigenvalue weighted by Gasteiger charge is 2.18. The minimum atomic E-state index is 0.242. The second-order valence-electron chi connectivity index (χ2n) is 7.14. The van der Waals surface area contributed by atoms with Crippen LogP contribution in [0, 0.1) is 0 Å². The number of nitrogens with zero attached hydrogens (tertiary/aromatic N) is 2. The molecule has 1 aromatic rings. The first-order valence-electron chi connectivity index (χ1n) is 10.1. The summed E-state index contributed by atoms with van der Waals surface area (Å²) in [7, 11) is 0. The molecule has 150 valence electrons. The van der Waals surface area contributed by atoms with Gasteiger partial charge in [0.15, 0.2) is 5.96 Å². The molecular formula is C21H34N4O2. The summed E-state index contributed by atoms with van der Waals surface area (Å²) in [6.45, 7) is 10.8. The van der Waals surface area contributed by atoms with Gasteiger partial charge in [-0.2, -0.15) is 0 Å². The van der Waals surface area contributed by atoms with Crippen molar-refractivity contribution in [2.45, 2.75) is 59.3 Å². The maximum Gasteiger partial charge on any atom is 0.222 e. The molecule has 1 aliphatic rings. The number of benzene rings is 1. The third-order valence-electron chi connectivity index (χ3n) is 4.44. The lowest BCUT2D eigenvalue weighted by atomic mass is 10.1. The number of rotatable bonds is 10. The van der Waals surface area contributed by atoms with Crippen LogP contribution < -0.4 is 10.6 Å². The molecule has 0 atom stereocenters. The Hall–Kier alpha value is -2.08. The van der Waals surface area contributed by atoms with Crippen LogP contribution in [0.2, 0.25) is 0 Å². The van der Waals surface area contributed by atoms with Crippen molar-refractivity contribution in [2.24, 2.45) is 4.99 Å². The topological polar surface area (TPSA) is 66.0 Å². The van der Waals surface area contributed by atoms with Crippen LogP contribution in [0.4, 0.5) is 0 Å². The van der Waals surface area contributed by atoms with E-state index in [0.29, 0.717) is 19.6 Å². The van der Waals surface area contributed by atoms with E-state index in [0.717, 1.165) is 45.0 Å². The highest BCUT2D eigenvalue weighted by Crippen LogP contribution is 2.09. The van der Waals surface area contributed by atoms with Gasteiger partial charge in [-0.25, -0.2) is 4.99 Å². The van der Waals surface area contributed by atoms with Crippen LogP contribution >= 0.6 is 0 Å². The number of guanidine groups is 1. The first kappa shape index (κ1) is 21.2. The first-order valence-corrected chi connectivity index (χ1v) is 10.1. The van der Waals surface area contributed by atoms with Crippen molar-refractivity contribution in [3.63, 3.8) is 0 Å². The van der Waals surface area contributed by atoms with Gasteiger partial charge in [-0.15, -0.1) is 0 Å². The molecule has 0 aliphatic carbocycles. The third-order valence-corrected chi connectivity index (χ3v) is 4.44. The van der Waals surface area contributed by atoms with Crippen molar-refractivity contribution < 1.29 is 9.53 Å². The van der Waals surface area contributed by atoms with Crippen molar-refractivity contribution in [1.82, 2.24) is 15.5 Å². The fourth-order valence-electron chi connectivity index (χ4n) is 2.93. The van der Waals surface area contributed by atoms with Gasteiger partial charge >= 0.3 is 0 Å².